The molecule has 86 valence electrons. The summed E-state index contributed by atoms with van der Waals surface area (Å²) in [6.07, 6.45) is 0. The van der Waals surface area contributed by atoms with Crippen LogP contribution < -0.4 is 10.5 Å². The van der Waals surface area contributed by atoms with E-state index < -0.39 is 0 Å². The monoisotopic (exact) mass is 228 g/mol. The molecule has 0 bridgehead atoms. The van der Waals surface area contributed by atoms with E-state index in [0.29, 0.717) is 22.9 Å². The Bertz CT molecular complexity index is 595. The molecule has 0 aliphatic carbocycles. The van der Waals surface area contributed by atoms with E-state index in [2.05, 4.69) is 5.10 Å². The molecule has 0 radical (unpaired) electrons. The number of rotatable bonds is 2. The summed E-state index contributed by atoms with van der Waals surface area (Å²) in [4.78, 5) is 0. The summed E-state index contributed by atoms with van der Waals surface area (Å²) in [5.41, 5.74) is 7.35. The molecule has 17 heavy (non-hydrogen) atoms. The van der Waals surface area contributed by atoms with Gasteiger partial charge in [0.25, 0.3) is 0 Å². The minimum absolute atomic E-state index is 0.404. The molecule has 5 heteroatoms. The topological polar surface area (TPSA) is 76.9 Å². The zero-order valence-corrected chi connectivity index (χ0v) is 9.64. The third-order valence-electron chi connectivity index (χ3n) is 2.33. The molecular weight excluding hydrogens is 216 g/mol. The summed E-state index contributed by atoms with van der Waals surface area (Å²) in [5.74, 6) is 1.19. The summed E-state index contributed by atoms with van der Waals surface area (Å²) >= 11 is 0. The standard InChI is InChI=1S/C12H12N4O/c1-8-5-12(16(2)15-8)17-10-3-4-11(14)9(6-10)7-13/h3-6H,14H2,1-2H3. The van der Waals surface area contributed by atoms with E-state index in [1.54, 1.807) is 29.9 Å². The van der Waals surface area contributed by atoms with Crippen molar-refractivity contribution >= 4 is 5.69 Å². The second-order valence-electron chi connectivity index (χ2n) is 3.71. The quantitative estimate of drug-likeness (QED) is 0.797. The van der Waals surface area contributed by atoms with E-state index in [0.717, 1.165) is 5.69 Å². The Balaban J connectivity index is 2.31. The summed E-state index contributed by atoms with van der Waals surface area (Å²) in [6.45, 7) is 1.89. The van der Waals surface area contributed by atoms with E-state index in [4.69, 9.17) is 15.7 Å². The first-order valence-corrected chi connectivity index (χ1v) is 5.08. The van der Waals surface area contributed by atoms with E-state index >= 15 is 0 Å². The minimum Gasteiger partial charge on any atom is -0.439 e. The Kier molecular flexibility index (Phi) is 2.71. The van der Waals surface area contributed by atoms with Gasteiger partial charge >= 0.3 is 0 Å². The summed E-state index contributed by atoms with van der Waals surface area (Å²) in [5, 5.41) is 13.0. The molecular formula is C12H12N4O. The predicted molar refractivity (Wildman–Crippen MR) is 63.6 cm³/mol. The van der Waals surface area contributed by atoms with Crippen LogP contribution in [0.2, 0.25) is 0 Å². The van der Waals surface area contributed by atoms with Gasteiger partial charge in [-0.2, -0.15) is 10.4 Å². The number of nitrogens with two attached hydrogens (primary N) is 1. The number of aromatic nitrogens is 2. The largest absolute Gasteiger partial charge is 0.439 e. The van der Waals surface area contributed by atoms with Crippen molar-refractivity contribution in [2.45, 2.75) is 6.92 Å². The maximum absolute atomic E-state index is 8.86. The number of nitrogens with zero attached hydrogens (tertiary/aromatic N) is 3. The van der Waals surface area contributed by atoms with Crippen molar-refractivity contribution in [2.24, 2.45) is 7.05 Å². The van der Waals surface area contributed by atoms with Crippen molar-refractivity contribution in [3.8, 4) is 17.7 Å². The minimum atomic E-state index is 0.404. The van der Waals surface area contributed by atoms with Crippen LogP contribution in [-0.2, 0) is 7.05 Å². The molecule has 0 unspecified atom stereocenters. The molecule has 2 aromatic rings. The predicted octanol–water partition coefficient (Wildman–Crippen LogP) is 1.97. The fourth-order valence-corrected chi connectivity index (χ4v) is 1.50. The lowest BCUT2D eigenvalue weighted by Gasteiger charge is -2.06. The highest BCUT2D eigenvalue weighted by Crippen LogP contribution is 2.24. The Hall–Kier alpha value is -2.48. The first-order valence-electron chi connectivity index (χ1n) is 5.08. The van der Waals surface area contributed by atoms with Gasteiger partial charge in [-0.1, -0.05) is 0 Å². The highest BCUT2D eigenvalue weighted by Gasteiger charge is 2.06. The van der Waals surface area contributed by atoms with Gasteiger partial charge in [-0.05, 0) is 19.1 Å². The molecule has 0 saturated heterocycles. The van der Waals surface area contributed by atoms with Crippen LogP contribution >= 0.6 is 0 Å². The number of nitriles is 1. The zero-order chi connectivity index (χ0) is 12.4. The third-order valence-corrected chi connectivity index (χ3v) is 2.33. The lowest BCUT2D eigenvalue weighted by molar-refractivity contribution is 0.430. The van der Waals surface area contributed by atoms with Crippen LogP contribution in [0.1, 0.15) is 11.3 Å². The fourth-order valence-electron chi connectivity index (χ4n) is 1.50. The van der Waals surface area contributed by atoms with Gasteiger partial charge < -0.3 is 10.5 Å². The van der Waals surface area contributed by atoms with Crippen molar-refractivity contribution < 1.29 is 4.74 Å². The Morgan fingerprint density at radius 1 is 1.41 bits per heavy atom. The molecule has 0 aliphatic rings. The average Bonchev–Trinajstić information content (AvgIpc) is 2.60. The first-order chi connectivity index (χ1) is 8.10. The van der Waals surface area contributed by atoms with Crippen molar-refractivity contribution in [2.75, 3.05) is 5.73 Å². The lowest BCUT2D eigenvalue weighted by atomic mass is 10.2. The normalized spacial score (nSPS) is 9.94. The van der Waals surface area contributed by atoms with Crippen molar-refractivity contribution in [3.05, 3.63) is 35.5 Å². The molecule has 5 nitrogen and oxygen atoms in total. The van der Waals surface area contributed by atoms with Crippen LogP contribution in [-0.4, -0.2) is 9.78 Å². The first kappa shape index (κ1) is 11.0. The van der Waals surface area contributed by atoms with E-state index in [9.17, 15) is 0 Å². The molecule has 2 rings (SSSR count). The van der Waals surface area contributed by atoms with Gasteiger partial charge in [0.1, 0.15) is 11.8 Å². The Morgan fingerprint density at radius 2 is 2.18 bits per heavy atom. The molecule has 0 fully saturated rings. The van der Waals surface area contributed by atoms with Gasteiger partial charge in [0.2, 0.25) is 5.88 Å². The van der Waals surface area contributed by atoms with Crippen LogP contribution in [0, 0.1) is 18.3 Å². The van der Waals surface area contributed by atoms with E-state index in [1.165, 1.54) is 0 Å². The van der Waals surface area contributed by atoms with Crippen molar-refractivity contribution in [3.63, 3.8) is 0 Å². The highest BCUT2D eigenvalue weighted by atomic mass is 16.5. The molecule has 1 aromatic heterocycles. The van der Waals surface area contributed by atoms with Crippen LogP contribution in [0.4, 0.5) is 5.69 Å². The molecule has 0 aliphatic heterocycles. The van der Waals surface area contributed by atoms with Crippen LogP contribution in [0.15, 0.2) is 24.3 Å². The fraction of sp³-hybridized carbons (Fsp3) is 0.167. The number of ether oxygens (including phenoxy) is 1. The van der Waals surface area contributed by atoms with Crippen LogP contribution in [0.5, 0.6) is 11.6 Å². The second-order valence-corrected chi connectivity index (χ2v) is 3.71. The Morgan fingerprint density at radius 3 is 2.76 bits per heavy atom. The van der Waals surface area contributed by atoms with Crippen LogP contribution in [0.3, 0.4) is 0 Å². The molecule has 0 spiro atoms. The number of aryl methyl sites for hydroxylation is 2. The average molecular weight is 228 g/mol. The SMILES string of the molecule is Cc1cc(Oc2ccc(N)c(C#N)c2)n(C)n1. The van der Waals surface area contributed by atoms with Gasteiger partial charge in [0, 0.05) is 24.9 Å². The maximum Gasteiger partial charge on any atom is 0.217 e. The molecule has 0 atom stereocenters. The number of nitrogen functional groups attached to an aromatic ring is 1. The summed E-state index contributed by atoms with van der Waals surface area (Å²) in [7, 11) is 1.80. The summed E-state index contributed by atoms with van der Waals surface area (Å²) in [6, 6.07) is 8.82. The smallest absolute Gasteiger partial charge is 0.217 e. The highest BCUT2D eigenvalue weighted by molar-refractivity contribution is 5.56. The third kappa shape index (κ3) is 2.21. The van der Waals surface area contributed by atoms with Gasteiger partial charge in [-0.25, -0.2) is 4.68 Å². The number of hydrogen-bond donors (Lipinski definition) is 1. The van der Waals surface area contributed by atoms with Crippen molar-refractivity contribution in [1.82, 2.24) is 9.78 Å². The van der Waals surface area contributed by atoms with Crippen LogP contribution in [0.25, 0.3) is 0 Å². The molecule has 1 heterocycles. The maximum atomic E-state index is 8.86. The number of hydrogen-bond acceptors (Lipinski definition) is 4. The molecule has 0 saturated carbocycles. The van der Waals surface area contributed by atoms with Gasteiger partial charge in [0.05, 0.1) is 11.3 Å². The van der Waals surface area contributed by atoms with Gasteiger partial charge in [0.15, 0.2) is 0 Å². The van der Waals surface area contributed by atoms with Gasteiger partial charge in [-0.3, -0.25) is 0 Å². The van der Waals surface area contributed by atoms with E-state index in [1.807, 2.05) is 19.1 Å². The lowest BCUT2D eigenvalue weighted by Crippen LogP contribution is -1.96. The zero-order valence-electron chi connectivity index (χ0n) is 9.64. The molecule has 1 aromatic carbocycles. The number of benzene rings is 1. The van der Waals surface area contributed by atoms with Gasteiger partial charge in [-0.15, -0.1) is 0 Å². The summed E-state index contributed by atoms with van der Waals surface area (Å²) < 4.78 is 7.26. The van der Waals surface area contributed by atoms with Crippen molar-refractivity contribution in [1.29, 1.82) is 5.26 Å². The Labute approximate surface area is 99.0 Å². The molecule has 2 N–H and O–H groups in total. The number of anilines is 1. The molecule has 0 amide bonds. The second kappa shape index (κ2) is 4.18. The van der Waals surface area contributed by atoms with E-state index in [-0.39, 0.29) is 0 Å².